The lowest BCUT2D eigenvalue weighted by Crippen LogP contribution is -2.13. The Morgan fingerprint density at radius 1 is 1.26 bits per heavy atom. The Hall–Kier alpha value is -1.03. The van der Waals surface area contributed by atoms with Crippen molar-refractivity contribution in [2.45, 2.75) is 26.5 Å². The van der Waals surface area contributed by atoms with Crippen molar-refractivity contribution in [1.82, 2.24) is 5.32 Å². The molecule has 19 heavy (non-hydrogen) atoms. The lowest BCUT2D eigenvalue weighted by Gasteiger charge is -2.08. The first-order chi connectivity index (χ1) is 9.28. The van der Waals surface area contributed by atoms with Crippen molar-refractivity contribution < 1.29 is 4.74 Å². The van der Waals surface area contributed by atoms with Crippen molar-refractivity contribution >= 4 is 22.9 Å². The molecule has 0 aliphatic rings. The van der Waals surface area contributed by atoms with Crippen molar-refractivity contribution in [1.29, 1.82) is 0 Å². The minimum absolute atomic E-state index is 0.573. The number of thiophene rings is 1. The Morgan fingerprint density at radius 2 is 2.16 bits per heavy atom. The highest BCUT2D eigenvalue weighted by molar-refractivity contribution is 7.16. The van der Waals surface area contributed by atoms with Crippen LogP contribution >= 0.6 is 22.9 Å². The van der Waals surface area contributed by atoms with Gasteiger partial charge in [0.05, 0.1) is 4.34 Å². The third-order valence-electron chi connectivity index (χ3n) is 2.66. The number of hydrogen-bond acceptors (Lipinski definition) is 3. The van der Waals surface area contributed by atoms with Gasteiger partial charge in [-0.15, -0.1) is 11.3 Å². The van der Waals surface area contributed by atoms with Gasteiger partial charge in [0, 0.05) is 11.4 Å². The summed E-state index contributed by atoms with van der Waals surface area (Å²) in [6.07, 6.45) is 1.15. The van der Waals surface area contributed by atoms with E-state index in [0.717, 1.165) is 34.5 Å². The second kappa shape index (κ2) is 7.53. The van der Waals surface area contributed by atoms with Gasteiger partial charge in [0.25, 0.3) is 0 Å². The van der Waals surface area contributed by atoms with Gasteiger partial charge in [-0.1, -0.05) is 30.7 Å². The van der Waals surface area contributed by atoms with E-state index in [-0.39, 0.29) is 0 Å². The Labute approximate surface area is 123 Å². The van der Waals surface area contributed by atoms with E-state index in [2.05, 4.69) is 24.4 Å². The molecule has 0 radical (unpaired) electrons. The minimum atomic E-state index is 0.573. The molecular formula is C15H18ClNOS. The molecule has 0 spiro atoms. The maximum atomic E-state index is 5.89. The van der Waals surface area contributed by atoms with Gasteiger partial charge in [-0.25, -0.2) is 0 Å². The molecule has 2 rings (SSSR count). The quantitative estimate of drug-likeness (QED) is 0.761. The molecule has 0 atom stereocenters. The van der Waals surface area contributed by atoms with Gasteiger partial charge >= 0.3 is 0 Å². The summed E-state index contributed by atoms with van der Waals surface area (Å²) in [4.78, 5) is 1.14. The van der Waals surface area contributed by atoms with E-state index in [1.54, 1.807) is 11.3 Å². The molecule has 1 N–H and O–H groups in total. The van der Waals surface area contributed by atoms with E-state index in [9.17, 15) is 0 Å². The highest BCUT2D eigenvalue weighted by Crippen LogP contribution is 2.23. The molecule has 0 fully saturated rings. The molecule has 2 aromatic rings. The fourth-order valence-electron chi connectivity index (χ4n) is 1.74. The number of nitrogens with one attached hydrogen (secondary N) is 1. The predicted molar refractivity (Wildman–Crippen MR) is 82.1 cm³/mol. The number of hydrogen-bond donors (Lipinski definition) is 1. The second-order valence-electron chi connectivity index (χ2n) is 4.32. The van der Waals surface area contributed by atoms with Gasteiger partial charge < -0.3 is 10.1 Å². The molecule has 2 nitrogen and oxygen atoms in total. The van der Waals surface area contributed by atoms with E-state index >= 15 is 0 Å². The first-order valence-electron chi connectivity index (χ1n) is 6.44. The molecule has 0 bridgehead atoms. The fourth-order valence-corrected chi connectivity index (χ4v) is 2.74. The Kier molecular flexibility index (Phi) is 5.70. The van der Waals surface area contributed by atoms with Gasteiger partial charge in [0.2, 0.25) is 0 Å². The van der Waals surface area contributed by atoms with Gasteiger partial charge in [-0.05, 0) is 42.8 Å². The number of ether oxygens (including phenoxy) is 1. The zero-order valence-corrected chi connectivity index (χ0v) is 12.6. The summed E-state index contributed by atoms with van der Waals surface area (Å²) in [5, 5.41) is 3.38. The molecule has 0 aliphatic heterocycles. The highest BCUT2D eigenvalue weighted by Gasteiger charge is 2.01. The third kappa shape index (κ3) is 4.86. The Morgan fingerprint density at radius 3 is 2.89 bits per heavy atom. The molecular weight excluding hydrogens is 278 g/mol. The number of benzene rings is 1. The SMILES string of the molecule is CCCNCc1cccc(OCc2ccc(Cl)s2)c1. The van der Waals surface area contributed by atoms with Gasteiger partial charge in [0.15, 0.2) is 0 Å². The van der Waals surface area contributed by atoms with Crippen LogP contribution in [0.15, 0.2) is 36.4 Å². The molecule has 1 aromatic carbocycles. The van der Waals surface area contributed by atoms with Crippen molar-refractivity contribution in [3.63, 3.8) is 0 Å². The molecule has 0 saturated heterocycles. The molecule has 102 valence electrons. The molecule has 1 aromatic heterocycles. The van der Waals surface area contributed by atoms with Crippen LogP contribution in [0.25, 0.3) is 0 Å². The second-order valence-corrected chi connectivity index (χ2v) is 6.12. The number of halogens is 1. The van der Waals surface area contributed by atoms with Gasteiger partial charge in [0.1, 0.15) is 12.4 Å². The maximum Gasteiger partial charge on any atom is 0.122 e. The van der Waals surface area contributed by atoms with Crippen LogP contribution < -0.4 is 10.1 Å². The van der Waals surface area contributed by atoms with Crippen molar-refractivity contribution in [3.05, 3.63) is 51.2 Å². The standard InChI is InChI=1S/C15H18ClNOS/c1-2-8-17-10-12-4-3-5-13(9-12)18-11-14-6-7-15(16)19-14/h3-7,9,17H,2,8,10-11H2,1H3. The summed E-state index contributed by atoms with van der Waals surface area (Å²) in [5.74, 6) is 0.903. The largest absolute Gasteiger partial charge is 0.488 e. The van der Waals surface area contributed by atoms with Gasteiger partial charge in [-0.3, -0.25) is 0 Å². The summed E-state index contributed by atoms with van der Waals surface area (Å²) >= 11 is 7.45. The fraction of sp³-hybridized carbons (Fsp3) is 0.333. The van der Waals surface area contributed by atoms with E-state index in [0.29, 0.717) is 6.61 Å². The van der Waals surface area contributed by atoms with Crippen LogP contribution in [-0.2, 0) is 13.2 Å². The molecule has 0 aliphatic carbocycles. The summed E-state index contributed by atoms with van der Waals surface area (Å²) in [6.45, 7) is 4.66. The summed E-state index contributed by atoms with van der Waals surface area (Å²) in [5.41, 5.74) is 1.25. The van der Waals surface area contributed by atoms with E-state index in [1.807, 2.05) is 24.3 Å². The lowest BCUT2D eigenvalue weighted by molar-refractivity contribution is 0.309. The molecule has 1 heterocycles. The molecule has 4 heteroatoms. The van der Waals surface area contributed by atoms with Crippen LogP contribution in [0.2, 0.25) is 4.34 Å². The molecule has 0 saturated carbocycles. The Balaban J connectivity index is 1.87. The van der Waals surface area contributed by atoms with Crippen molar-refractivity contribution in [3.8, 4) is 5.75 Å². The smallest absolute Gasteiger partial charge is 0.122 e. The summed E-state index contributed by atoms with van der Waals surface area (Å²) < 4.78 is 6.58. The van der Waals surface area contributed by atoms with Crippen LogP contribution in [0.5, 0.6) is 5.75 Å². The molecule has 0 unspecified atom stereocenters. The highest BCUT2D eigenvalue weighted by atomic mass is 35.5. The average Bonchev–Trinajstić information content (AvgIpc) is 2.83. The van der Waals surface area contributed by atoms with E-state index in [1.165, 1.54) is 5.56 Å². The predicted octanol–water partition coefficient (Wildman–Crippen LogP) is 4.48. The number of rotatable bonds is 7. The van der Waals surface area contributed by atoms with Gasteiger partial charge in [-0.2, -0.15) is 0 Å². The maximum absolute atomic E-state index is 5.89. The Bertz CT molecular complexity index is 512. The zero-order chi connectivity index (χ0) is 13.5. The van der Waals surface area contributed by atoms with Crippen LogP contribution in [0.3, 0.4) is 0 Å². The minimum Gasteiger partial charge on any atom is -0.488 e. The summed E-state index contributed by atoms with van der Waals surface area (Å²) in [7, 11) is 0. The topological polar surface area (TPSA) is 21.3 Å². The van der Waals surface area contributed by atoms with Crippen LogP contribution in [0, 0.1) is 0 Å². The average molecular weight is 296 g/mol. The third-order valence-corrected chi connectivity index (χ3v) is 3.87. The normalized spacial score (nSPS) is 10.6. The van der Waals surface area contributed by atoms with Crippen molar-refractivity contribution in [2.75, 3.05) is 6.54 Å². The van der Waals surface area contributed by atoms with Crippen LogP contribution in [-0.4, -0.2) is 6.54 Å². The van der Waals surface area contributed by atoms with Crippen LogP contribution in [0.1, 0.15) is 23.8 Å². The van der Waals surface area contributed by atoms with E-state index < -0.39 is 0 Å². The summed E-state index contributed by atoms with van der Waals surface area (Å²) in [6, 6.07) is 12.1. The first-order valence-corrected chi connectivity index (χ1v) is 7.64. The lowest BCUT2D eigenvalue weighted by atomic mass is 10.2. The first kappa shape index (κ1) is 14.4. The zero-order valence-electron chi connectivity index (χ0n) is 11.0. The van der Waals surface area contributed by atoms with E-state index in [4.69, 9.17) is 16.3 Å². The monoisotopic (exact) mass is 295 g/mol. The molecule has 0 amide bonds. The van der Waals surface area contributed by atoms with Crippen molar-refractivity contribution in [2.24, 2.45) is 0 Å². The van der Waals surface area contributed by atoms with Crippen LogP contribution in [0.4, 0.5) is 0 Å².